The van der Waals surface area contributed by atoms with Gasteiger partial charge in [0, 0.05) is 82.0 Å². The van der Waals surface area contributed by atoms with E-state index >= 15 is 0 Å². The average molecular weight is 1670 g/mol. The number of pyridine rings is 1. The quantitative estimate of drug-likeness (QED) is 0.0225. The molecule has 119 heavy (non-hydrogen) atoms. The maximum atomic E-state index is 12.5. The van der Waals surface area contributed by atoms with Crippen LogP contribution in [0.3, 0.4) is 0 Å². The zero-order valence-electron chi connectivity index (χ0n) is 70.9. The van der Waals surface area contributed by atoms with Crippen molar-refractivity contribution in [1.82, 2.24) is 36.5 Å². The fourth-order valence-electron chi connectivity index (χ4n) is 12.3. The summed E-state index contributed by atoms with van der Waals surface area (Å²) in [6.45, 7) is 12.3. The lowest BCUT2D eigenvalue weighted by atomic mass is 9.89. The number of hydrogen-bond donors (Lipinski definition) is 8. The van der Waals surface area contributed by atoms with E-state index in [0.717, 1.165) is 97.6 Å². The summed E-state index contributed by atoms with van der Waals surface area (Å²) in [6, 6.07) is 62.0. The van der Waals surface area contributed by atoms with E-state index in [4.69, 9.17) is 62.0 Å². The molecule has 1 heterocycles. The Morgan fingerprint density at radius 3 is 0.958 bits per heavy atom. The number of nitrogens with one attached hydrogen (secondary N) is 5. The monoisotopic (exact) mass is 1670 g/mol. The summed E-state index contributed by atoms with van der Waals surface area (Å²) in [5, 5.41) is 14.3. The summed E-state index contributed by atoms with van der Waals surface area (Å²) in [7, 11) is 9.28. The minimum atomic E-state index is -0.770. The summed E-state index contributed by atoms with van der Waals surface area (Å²) >= 11 is 4.97. The zero-order valence-corrected chi connectivity index (χ0v) is 71.6. The van der Waals surface area contributed by atoms with Crippen molar-refractivity contribution in [2.75, 3.05) is 40.1 Å². The molecule has 0 saturated heterocycles. The second kappa shape index (κ2) is 59.2. The first kappa shape index (κ1) is 103. The molecule has 27 heteroatoms. The third kappa shape index (κ3) is 48.2. The molecule has 0 bridgehead atoms. The molecule has 8 atom stereocenters. The number of benzene rings is 6. The lowest BCUT2D eigenvalue weighted by Gasteiger charge is -2.37. The fraction of sp³-hybridized carbons (Fsp3) is 0.478. The molecule has 11 rings (SSSR count). The number of anilines is 1. The average Bonchev–Trinajstić information content (AvgIpc) is 0.842. The van der Waals surface area contributed by atoms with Gasteiger partial charge < -0.3 is 91.5 Å². The summed E-state index contributed by atoms with van der Waals surface area (Å²) in [5.41, 5.74) is 22.2. The van der Waals surface area contributed by atoms with Gasteiger partial charge >= 0.3 is 42.1 Å². The summed E-state index contributed by atoms with van der Waals surface area (Å²) in [4.78, 5) is 88.5. The van der Waals surface area contributed by atoms with E-state index < -0.39 is 47.2 Å². The molecule has 6 aromatic carbocycles. The van der Waals surface area contributed by atoms with Crippen LogP contribution in [0.5, 0.6) is 0 Å². The molecule has 26 nitrogen and oxygen atoms in total. The van der Waals surface area contributed by atoms with Gasteiger partial charge in [0.2, 0.25) is 0 Å². The van der Waals surface area contributed by atoms with E-state index in [1.54, 1.807) is 65.9 Å². The summed E-state index contributed by atoms with van der Waals surface area (Å²) in [5.74, 6) is 0. The molecule has 0 spiro atoms. The minimum absolute atomic E-state index is 0. The van der Waals surface area contributed by atoms with Crippen LogP contribution < -0.4 is 48.7 Å². The van der Waals surface area contributed by atoms with Gasteiger partial charge in [0.1, 0.15) is 50.8 Å². The van der Waals surface area contributed by atoms with E-state index in [1.165, 1.54) is 51.3 Å². The Bertz CT molecular complexity index is 3770. The predicted molar refractivity (Wildman–Crippen MR) is 470 cm³/mol. The molecule has 4 aliphatic rings. The van der Waals surface area contributed by atoms with Crippen LogP contribution in [0.15, 0.2) is 207 Å². The van der Waals surface area contributed by atoms with Crippen LogP contribution >= 0.6 is 11.6 Å². The largest absolute Gasteiger partial charge is 0.509 e. The van der Waals surface area contributed by atoms with Gasteiger partial charge in [-0.25, -0.2) is 33.6 Å². The van der Waals surface area contributed by atoms with Gasteiger partial charge in [-0.1, -0.05) is 241 Å². The SMILES string of the molecule is C.CC(C)(C)OC(=O)OC(C)(C)C.CN(C(=O)OCc1ccccc1)C1CCCCC1NC(=O)OCc1ccccc1.CN(C)c1ccncc1.CNC(=O)OCc1ccccc1.CNC1CCCCC1N.N[C@H]1CCCC[C@@H]1N.O=C(Cl)OCc1ccccc1.O=C(NC1CCCCC1NC(=O)OCc1ccccc1)OCc1ccccc1. The van der Waals surface area contributed by atoms with Crippen molar-refractivity contribution in [1.29, 1.82) is 0 Å². The van der Waals surface area contributed by atoms with Crippen molar-refractivity contribution in [2.45, 2.75) is 251 Å². The minimum Gasteiger partial charge on any atom is -0.449 e. The summed E-state index contributed by atoms with van der Waals surface area (Å²) < 4.78 is 40.7. The Morgan fingerprint density at radius 2 is 0.672 bits per heavy atom. The van der Waals surface area contributed by atoms with E-state index in [9.17, 15) is 33.6 Å². The number of halogens is 1. The highest BCUT2D eigenvalue weighted by molar-refractivity contribution is 6.61. The Balaban J connectivity index is 0.000000371. The van der Waals surface area contributed by atoms with Crippen molar-refractivity contribution in [3.63, 3.8) is 0 Å². The number of rotatable bonds is 18. The molecule has 4 saturated carbocycles. The first-order chi connectivity index (χ1) is 56.5. The number of ether oxygens (including phenoxy) is 8. The Kier molecular flexibility index (Phi) is 51.1. The maximum absolute atomic E-state index is 12.5. The Hall–Kier alpha value is -10.5. The van der Waals surface area contributed by atoms with Gasteiger partial charge in [-0.2, -0.15) is 0 Å². The number of carbonyl (C=O) groups is 7. The first-order valence-corrected chi connectivity index (χ1v) is 40.9. The van der Waals surface area contributed by atoms with Crippen LogP contribution in [0, 0.1) is 0 Å². The fourth-order valence-corrected chi connectivity index (χ4v) is 12.4. The van der Waals surface area contributed by atoms with Crippen molar-refractivity contribution in [3.8, 4) is 0 Å². The molecule has 4 fully saturated rings. The maximum Gasteiger partial charge on any atom is 0.509 e. The number of nitrogens with zero attached hydrogens (tertiary/aromatic N) is 3. The molecular weight excluding hydrogens is 1530 g/mol. The van der Waals surface area contributed by atoms with Gasteiger partial charge in [0.25, 0.3) is 0 Å². The lowest BCUT2D eigenvalue weighted by Crippen LogP contribution is -2.53. The van der Waals surface area contributed by atoms with Crippen molar-refractivity contribution >= 4 is 59.3 Å². The number of hydrogen-bond acceptors (Lipinski definition) is 21. The number of alkyl carbamates (subject to hydrolysis) is 4. The van der Waals surface area contributed by atoms with E-state index in [0.29, 0.717) is 18.7 Å². The topological polar surface area (TPSA) is 351 Å². The van der Waals surface area contributed by atoms with Crippen LogP contribution in [-0.4, -0.2) is 147 Å². The normalized spacial score (nSPS) is 18.1. The number of amides is 5. The van der Waals surface area contributed by atoms with Gasteiger partial charge in [-0.15, -0.1) is 0 Å². The second-order valence-corrected chi connectivity index (χ2v) is 31.1. The molecule has 11 N–H and O–H groups in total. The van der Waals surface area contributed by atoms with E-state index in [2.05, 4.69) is 36.3 Å². The molecule has 6 unspecified atom stereocenters. The lowest BCUT2D eigenvalue weighted by molar-refractivity contribution is -0.0468. The molecule has 4 aliphatic carbocycles. The third-order valence-electron chi connectivity index (χ3n) is 18.7. The number of aromatic nitrogens is 1. The summed E-state index contributed by atoms with van der Waals surface area (Å²) in [6.07, 6.45) is 17.9. The second-order valence-electron chi connectivity index (χ2n) is 30.8. The van der Waals surface area contributed by atoms with Crippen molar-refractivity contribution < 1.29 is 71.5 Å². The van der Waals surface area contributed by atoms with Crippen LogP contribution in [-0.2, 0) is 77.5 Å². The zero-order chi connectivity index (χ0) is 86.4. The van der Waals surface area contributed by atoms with Crippen molar-refractivity contribution in [3.05, 3.63) is 240 Å². The molecule has 7 aromatic rings. The molecule has 0 radical (unpaired) electrons. The Morgan fingerprint density at radius 1 is 0.387 bits per heavy atom. The van der Waals surface area contributed by atoms with Gasteiger partial charge in [0.05, 0.1) is 24.2 Å². The van der Waals surface area contributed by atoms with Crippen LogP contribution in [0.4, 0.5) is 39.2 Å². The van der Waals surface area contributed by atoms with E-state index in [1.807, 2.05) is 220 Å². The van der Waals surface area contributed by atoms with Gasteiger partial charge in [-0.05, 0) is 145 Å². The highest BCUT2D eigenvalue weighted by atomic mass is 35.5. The number of likely N-dealkylation sites (N-methyl/N-ethyl adjacent to an activating group) is 2. The van der Waals surface area contributed by atoms with Crippen LogP contribution in [0.25, 0.3) is 0 Å². The van der Waals surface area contributed by atoms with E-state index in [-0.39, 0.29) is 82.8 Å². The van der Waals surface area contributed by atoms with Gasteiger partial charge in [0.15, 0.2) is 0 Å². The molecule has 654 valence electrons. The standard InChI is InChI=1S/C23H28N2O4.C22H26N2O4.C9H11NO2.C9H18O3.C8H7ClO2.C7H10N2.C7H16N2.C6H14N2.CH4/c1-25(23(27)29-17-19-12-6-3-7-13-19)21-15-9-8-14-20(21)24-22(26)28-16-18-10-4-2-5-11-18;25-21(27-15-17-9-3-1-4-10-17)23-19-13-7-8-14-20(19)24-22(26)28-16-18-11-5-2-6-12-18;1-10-9(11)12-7-8-5-3-2-4-6-8;1-8(2,3)11-7(10)12-9(4,5)6;9-8(10)11-6-7-4-2-1-3-5-7;1-9(2)7-3-5-8-6-4-7;1-9-7-5-3-2-4-6(7)8;7-5-3-1-2-4-6(5)8;/h2-7,10-13,20-21H,8-9,14-17H2,1H3,(H,24,26);1-6,9-12,19-20H,7-8,13-16H2,(H,23,25)(H,24,26);2-6H,7H2,1H3,(H,10,11);1-6H3;1-5H,6H2;3-6H,1-2H3;6-7,9H,2-5,8H2,1H3;5-6H,1-4,7-8H2;1H4/t;;;;;;;5-,6-;/m.......0./s1. The predicted octanol–water partition coefficient (Wildman–Crippen LogP) is 18.0. The highest BCUT2D eigenvalue weighted by Gasteiger charge is 2.34. The smallest absolute Gasteiger partial charge is 0.449 e. The van der Waals surface area contributed by atoms with Gasteiger partial charge in [-0.3, -0.25) is 4.98 Å². The third-order valence-corrected chi connectivity index (χ3v) is 18.8. The molecule has 0 aliphatic heterocycles. The number of carbonyl (C=O) groups excluding carboxylic acids is 7. The van der Waals surface area contributed by atoms with Crippen LogP contribution in [0.1, 0.15) is 185 Å². The molecular formula is C92H134ClN11O15. The molecule has 1 aromatic heterocycles. The van der Waals surface area contributed by atoms with Crippen LogP contribution in [0.2, 0.25) is 0 Å². The number of nitrogens with two attached hydrogens (primary N) is 3. The highest BCUT2D eigenvalue weighted by Crippen LogP contribution is 2.25. The Labute approximate surface area is 711 Å². The van der Waals surface area contributed by atoms with Crippen molar-refractivity contribution in [2.24, 2.45) is 17.2 Å². The molecule has 5 amide bonds. The first-order valence-electron chi connectivity index (χ1n) is 40.5.